The smallest absolute Gasteiger partial charge is 0.0152 e. The van der Waals surface area contributed by atoms with Crippen molar-refractivity contribution in [2.75, 3.05) is 0 Å². The monoisotopic (exact) mass is 226 g/mol. The molecule has 2 aromatic carbocycles. The Balaban J connectivity index is 0.000000437. The van der Waals surface area contributed by atoms with E-state index in [-0.39, 0.29) is 0 Å². The Morgan fingerprint density at radius 1 is 0.765 bits per heavy atom. The van der Waals surface area contributed by atoms with E-state index in [4.69, 9.17) is 0 Å². The van der Waals surface area contributed by atoms with E-state index >= 15 is 0 Å². The lowest BCUT2D eigenvalue weighted by Crippen LogP contribution is -1.85. The van der Waals surface area contributed by atoms with Crippen LogP contribution in [0.3, 0.4) is 0 Å². The van der Waals surface area contributed by atoms with E-state index in [1.54, 1.807) is 0 Å². The highest BCUT2D eigenvalue weighted by atomic mass is 14.1. The van der Waals surface area contributed by atoms with E-state index in [9.17, 15) is 0 Å². The van der Waals surface area contributed by atoms with Gasteiger partial charge in [0.1, 0.15) is 0 Å². The highest BCUT2D eigenvalue weighted by Crippen LogP contribution is 2.24. The molecule has 0 radical (unpaired) electrons. The zero-order valence-electron chi connectivity index (χ0n) is 11.3. The summed E-state index contributed by atoms with van der Waals surface area (Å²) in [6.45, 7) is 8.58. The third kappa shape index (κ3) is 3.74. The maximum absolute atomic E-state index is 2.18. The summed E-state index contributed by atoms with van der Waals surface area (Å²) < 4.78 is 0. The van der Waals surface area contributed by atoms with Crippen LogP contribution >= 0.6 is 0 Å². The SMILES string of the molecule is CCC.Cc1cccc(-c2ccccc2)c1C. The molecule has 0 heterocycles. The van der Waals surface area contributed by atoms with Gasteiger partial charge in [0.05, 0.1) is 0 Å². The Bertz CT molecular complexity index is 441. The number of aryl methyl sites for hydroxylation is 1. The van der Waals surface area contributed by atoms with E-state index in [1.165, 1.54) is 28.7 Å². The molecular formula is C17H22. The lowest BCUT2D eigenvalue weighted by molar-refractivity contribution is 1.09. The summed E-state index contributed by atoms with van der Waals surface area (Å²) in [4.78, 5) is 0. The van der Waals surface area contributed by atoms with Crippen LogP contribution in [-0.2, 0) is 0 Å². The summed E-state index contributed by atoms with van der Waals surface area (Å²) in [5.41, 5.74) is 5.37. The molecule has 0 atom stereocenters. The summed E-state index contributed by atoms with van der Waals surface area (Å²) in [6, 6.07) is 17.0. The summed E-state index contributed by atoms with van der Waals surface area (Å²) >= 11 is 0. The Morgan fingerprint density at radius 3 is 1.94 bits per heavy atom. The zero-order valence-corrected chi connectivity index (χ0v) is 11.3. The number of hydrogen-bond acceptors (Lipinski definition) is 0. The Morgan fingerprint density at radius 2 is 1.35 bits per heavy atom. The lowest BCUT2D eigenvalue weighted by atomic mass is 9.97. The summed E-state index contributed by atoms with van der Waals surface area (Å²) in [7, 11) is 0. The first-order valence-electron chi connectivity index (χ1n) is 6.32. The standard InChI is InChI=1S/C14H14.C3H8/c1-11-7-6-10-14(12(11)2)13-8-4-3-5-9-13;1-3-2/h3-10H,1-2H3;3H2,1-2H3. The van der Waals surface area contributed by atoms with Crippen molar-refractivity contribution in [3.05, 3.63) is 59.7 Å². The second kappa shape index (κ2) is 6.90. The fourth-order valence-corrected chi connectivity index (χ4v) is 1.68. The Hall–Kier alpha value is -1.56. The van der Waals surface area contributed by atoms with Gasteiger partial charge in [-0.3, -0.25) is 0 Å². The quantitative estimate of drug-likeness (QED) is 0.612. The minimum Gasteiger partial charge on any atom is -0.0656 e. The van der Waals surface area contributed by atoms with Gasteiger partial charge in [-0.2, -0.15) is 0 Å². The fraction of sp³-hybridized carbons (Fsp3) is 0.294. The summed E-state index contributed by atoms with van der Waals surface area (Å²) in [5, 5.41) is 0. The second-order valence-electron chi connectivity index (χ2n) is 4.32. The summed E-state index contributed by atoms with van der Waals surface area (Å²) in [5.74, 6) is 0. The number of rotatable bonds is 1. The first-order chi connectivity index (χ1) is 8.20. The van der Waals surface area contributed by atoms with Crippen molar-refractivity contribution < 1.29 is 0 Å². The van der Waals surface area contributed by atoms with Crippen LogP contribution in [0.5, 0.6) is 0 Å². The van der Waals surface area contributed by atoms with Gasteiger partial charge in [-0.15, -0.1) is 0 Å². The first-order valence-corrected chi connectivity index (χ1v) is 6.32. The van der Waals surface area contributed by atoms with Crippen molar-refractivity contribution >= 4 is 0 Å². The highest BCUT2D eigenvalue weighted by Gasteiger charge is 2.01. The van der Waals surface area contributed by atoms with E-state index in [0.717, 1.165) is 0 Å². The summed E-state index contributed by atoms with van der Waals surface area (Å²) in [6.07, 6.45) is 1.25. The van der Waals surface area contributed by atoms with Crippen LogP contribution in [-0.4, -0.2) is 0 Å². The van der Waals surface area contributed by atoms with Crippen molar-refractivity contribution in [3.8, 4) is 11.1 Å². The van der Waals surface area contributed by atoms with Crippen molar-refractivity contribution in [2.24, 2.45) is 0 Å². The predicted octanol–water partition coefficient (Wildman–Crippen LogP) is 5.39. The van der Waals surface area contributed by atoms with Crippen LogP contribution < -0.4 is 0 Å². The van der Waals surface area contributed by atoms with Gasteiger partial charge in [0.25, 0.3) is 0 Å². The first kappa shape index (κ1) is 13.5. The molecule has 0 saturated heterocycles. The molecule has 0 fully saturated rings. The molecule has 0 aliphatic heterocycles. The molecule has 2 aromatic rings. The van der Waals surface area contributed by atoms with Crippen molar-refractivity contribution in [1.29, 1.82) is 0 Å². The number of benzene rings is 2. The van der Waals surface area contributed by atoms with Crippen molar-refractivity contribution in [2.45, 2.75) is 34.1 Å². The molecule has 0 bridgehead atoms. The van der Waals surface area contributed by atoms with Gasteiger partial charge in [0.15, 0.2) is 0 Å². The highest BCUT2D eigenvalue weighted by molar-refractivity contribution is 5.68. The van der Waals surface area contributed by atoms with Crippen LogP contribution in [0.15, 0.2) is 48.5 Å². The number of hydrogen-bond donors (Lipinski definition) is 0. The van der Waals surface area contributed by atoms with E-state index < -0.39 is 0 Å². The fourth-order valence-electron chi connectivity index (χ4n) is 1.68. The molecule has 17 heavy (non-hydrogen) atoms. The average molecular weight is 226 g/mol. The molecule has 0 spiro atoms. The van der Waals surface area contributed by atoms with Crippen LogP contribution in [0, 0.1) is 13.8 Å². The minimum absolute atomic E-state index is 1.25. The van der Waals surface area contributed by atoms with E-state index in [1.807, 2.05) is 0 Å². The third-order valence-electron chi connectivity index (χ3n) is 2.69. The molecule has 0 aliphatic rings. The third-order valence-corrected chi connectivity index (χ3v) is 2.69. The van der Waals surface area contributed by atoms with Gasteiger partial charge in [0.2, 0.25) is 0 Å². The van der Waals surface area contributed by atoms with Crippen molar-refractivity contribution in [1.82, 2.24) is 0 Å². The Labute approximate surface area is 105 Å². The van der Waals surface area contributed by atoms with Gasteiger partial charge in [0, 0.05) is 0 Å². The van der Waals surface area contributed by atoms with Crippen molar-refractivity contribution in [3.63, 3.8) is 0 Å². The maximum Gasteiger partial charge on any atom is -0.0152 e. The van der Waals surface area contributed by atoms with Crippen LogP contribution in [0.2, 0.25) is 0 Å². The topological polar surface area (TPSA) is 0 Å². The van der Waals surface area contributed by atoms with E-state index in [0.29, 0.717) is 0 Å². The molecular weight excluding hydrogens is 204 g/mol. The molecule has 0 aromatic heterocycles. The normalized spacial score (nSPS) is 9.41. The lowest BCUT2D eigenvalue weighted by Gasteiger charge is -2.07. The Kier molecular flexibility index (Phi) is 5.48. The van der Waals surface area contributed by atoms with Crippen LogP contribution in [0.1, 0.15) is 31.4 Å². The molecule has 0 heteroatoms. The largest absolute Gasteiger partial charge is 0.0656 e. The van der Waals surface area contributed by atoms with E-state index in [2.05, 4.69) is 76.2 Å². The van der Waals surface area contributed by atoms with Gasteiger partial charge in [-0.05, 0) is 36.1 Å². The molecule has 90 valence electrons. The van der Waals surface area contributed by atoms with Crippen LogP contribution in [0.25, 0.3) is 11.1 Å². The van der Waals surface area contributed by atoms with Gasteiger partial charge >= 0.3 is 0 Å². The average Bonchev–Trinajstić information content (AvgIpc) is 2.35. The van der Waals surface area contributed by atoms with Crippen LogP contribution in [0.4, 0.5) is 0 Å². The molecule has 0 nitrogen and oxygen atoms in total. The predicted molar refractivity (Wildman–Crippen MR) is 77.3 cm³/mol. The molecule has 0 N–H and O–H groups in total. The van der Waals surface area contributed by atoms with Gasteiger partial charge in [-0.25, -0.2) is 0 Å². The minimum atomic E-state index is 1.25. The van der Waals surface area contributed by atoms with Gasteiger partial charge in [-0.1, -0.05) is 68.8 Å². The molecule has 0 saturated carbocycles. The molecule has 0 amide bonds. The second-order valence-corrected chi connectivity index (χ2v) is 4.32. The molecule has 0 unspecified atom stereocenters. The maximum atomic E-state index is 2.18. The zero-order chi connectivity index (χ0) is 12.7. The molecule has 0 aliphatic carbocycles. The molecule has 2 rings (SSSR count). The van der Waals surface area contributed by atoms with Gasteiger partial charge < -0.3 is 0 Å².